The van der Waals surface area contributed by atoms with E-state index in [9.17, 15) is 29.1 Å². The zero-order valence-electron chi connectivity index (χ0n) is 20.2. The first kappa shape index (κ1) is 32.9. The van der Waals surface area contributed by atoms with Crippen LogP contribution >= 0.6 is 12.6 Å². The summed E-state index contributed by atoms with van der Waals surface area (Å²) >= 11 is 3.97. The summed E-state index contributed by atoms with van der Waals surface area (Å²) in [4.78, 5) is 64.7. The van der Waals surface area contributed by atoms with Crippen molar-refractivity contribution in [2.24, 2.45) is 33.7 Å². The summed E-state index contributed by atoms with van der Waals surface area (Å²) < 4.78 is 0. The molecule has 0 aliphatic rings. The summed E-state index contributed by atoms with van der Waals surface area (Å²) in [5.41, 5.74) is 26.8. The maximum atomic E-state index is 13.0. The summed E-state index contributed by atoms with van der Waals surface area (Å²) in [6.45, 7) is 0.532. The Morgan fingerprint density at radius 3 is 1.83 bits per heavy atom. The number of aliphatic carboxylic acids is 1. The van der Waals surface area contributed by atoms with Crippen LogP contribution in [-0.4, -0.2) is 83.7 Å². The van der Waals surface area contributed by atoms with E-state index < -0.39 is 53.8 Å². The molecule has 4 unspecified atom stereocenters. The standard InChI is InChI=1S/C20H39N9O6S/c21-8-2-1-4-12(27-16(31)11(22)10-36)17(32)28-13(6-7-15(23)30)18(33)29-14(19(34)35)5-3-9-26-20(24)25/h11-14,36H,1-10,21-22H2,(H2,23,30)(H,27,31)(H,28,32)(H,29,33)(H,34,35)(H4,24,25,26). The molecular formula is C20H39N9O6S. The Kier molecular flexibility index (Phi) is 16.6. The number of hydrogen-bond acceptors (Lipinski definition) is 9. The Labute approximate surface area is 215 Å². The molecule has 206 valence electrons. The molecule has 0 spiro atoms. The summed E-state index contributed by atoms with van der Waals surface area (Å²) in [5.74, 6) is -4.28. The van der Waals surface area contributed by atoms with Crippen LogP contribution in [-0.2, 0) is 24.0 Å². The van der Waals surface area contributed by atoms with Gasteiger partial charge in [-0.2, -0.15) is 12.6 Å². The number of nitrogens with one attached hydrogen (secondary N) is 3. The van der Waals surface area contributed by atoms with Crippen molar-refractivity contribution in [2.45, 2.75) is 69.1 Å². The molecule has 14 N–H and O–H groups in total. The zero-order valence-corrected chi connectivity index (χ0v) is 21.0. The Balaban J connectivity index is 5.50. The number of nitrogens with zero attached hydrogens (tertiary/aromatic N) is 1. The highest BCUT2D eigenvalue weighted by Gasteiger charge is 2.30. The normalized spacial score (nSPS) is 14.0. The van der Waals surface area contributed by atoms with Gasteiger partial charge in [0, 0.05) is 18.7 Å². The van der Waals surface area contributed by atoms with Crippen LogP contribution in [0.3, 0.4) is 0 Å². The van der Waals surface area contributed by atoms with Crippen LogP contribution in [0.2, 0.25) is 0 Å². The molecule has 0 saturated heterocycles. The second-order valence-corrected chi connectivity index (χ2v) is 8.41. The fourth-order valence-electron chi connectivity index (χ4n) is 2.98. The lowest BCUT2D eigenvalue weighted by Crippen LogP contribution is -2.57. The predicted molar refractivity (Wildman–Crippen MR) is 137 cm³/mol. The molecule has 0 aromatic carbocycles. The first-order valence-electron chi connectivity index (χ1n) is 11.5. The van der Waals surface area contributed by atoms with Gasteiger partial charge < -0.3 is 49.7 Å². The van der Waals surface area contributed by atoms with E-state index in [1.165, 1.54) is 0 Å². The smallest absolute Gasteiger partial charge is 0.326 e. The minimum atomic E-state index is -1.30. The maximum Gasteiger partial charge on any atom is 0.326 e. The summed E-state index contributed by atoms with van der Waals surface area (Å²) in [5, 5.41) is 16.8. The van der Waals surface area contributed by atoms with E-state index in [-0.39, 0.29) is 50.4 Å². The van der Waals surface area contributed by atoms with Gasteiger partial charge >= 0.3 is 5.97 Å². The topological polar surface area (TPSA) is 284 Å². The number of carboxylic acids is 1. The molecule has 0 bridgehead atoms. The second kappa shape index (κ2) is 18.2. The number of nitrogens with two attached hydrogens (primary N) is 5. The van der Waals surface area contributed by atoms with Crippen LogP contribution < -0.4 is 44.6 Å². The second-order valence-electron chi connectivity index (χ2n) is 8.05. The molecule has 4 atom stereocenters. The fraction of sp³-hybridized carbons (Fsp3) is 0.700. The van der Waals surface area contributed by atoms with Crippen LogP contribution in [0, 0.1) is 0 Å². The minimum Gasteiger partial charge on any atom is -0.480 e. The third kappa shape index (κ3) is 14.3. The van der Waals surface area contributed by atoms with E-state index in [2.05, 4.69) is 33.6 Å². The summed E-state index contributed by atoms with van der Waals surface area (Å²) in [6, 6.07) is -4.60. The molecule has 36 heavy (non-hydrogen) atoms. The first-order chi connectivity index (χ1) is 16.9. The number of carbonyl (C=O) groups is 5. The highest BCUT2D eigenvalue weighted by molar-refractivity contribution is 7.80. The molecule has 0 aromatic rings. The van der Waals surface area contributed by atoms with Crippen LogP contribution in [0.25, 0.3) is 0 Å². The van der Waals surface area contributed by atoms with Crippen molar-refractivity contribution >= 4 is 48.2 Å². The average Bonchev–Trinajstić information content (AvgIpc) is 2.81. The van der Waals surface area contributed by atoms with E-state index in [1.54, 1.807) is 0 Å². The number of unbranched alkanes of at least 4 members (excludes halogenated alkanes) is 1. The Morgan fingerprint density at radius 1 is 0.806 bits per heavy atom. The van der Waals surface area contributed by atoms with E-state index in [4.69, 9.17) is 28.7 Å². The molecule has 0 fully saturated rings. The number of hydrogen-bond donors (Lipinski definition) is 10. The highest BCUT2D eigenvalue weighted by atomic mass is 32.1. The van der Waals surface area contributed by atoms with Gasteiger partial charge in [0.15, 0.2) is 5.96 Å². The van der Waals surface area contributed by atoms with Crippen molar-refractivity contribution in [1.29, 1.82) is 0 Å². The average molecular weight is 534 g/mol. The summed E-state index contributed by atoms with van der Waals surface area (Å²) in [7, 11) is 0. The number of guanidine groups is 1. The van der Waals surface area contributed by atoms with Crippen molar-refractivity contribution in [2.75, 3.05) is 18.8 Å². The van der Waals surface area contributed by atoms with Crippen molar-refractivity contribution in [3.8, 4) is 0 Å². The Bertz CT molecular complexity index is 779. The Hall–Kier alpha value is -3.11. The third-order valence-electron chi connectivity index (χ3n) is 4.99. The van der Waals surface area contributed by atoms with E-state index in [0.717, 1.165) is 0 Å². The van der Waals surface area contributed by atoms with Gasteiger partial charge in [-0.25, -0.2) is 4.79 Å². The van der Waals surface area contributed by atoms with Crippen LogP contribution in [0.15, 0.2) is 4.99 Å². The molecular weight excluding hydrogens is 494 g/mol. The quantitative estimate of drug-likeness (QED) is 0.0334. The van der Waals surface area contributed by atoms with Gasteiger partial charge in [-0.1, -0.05) is 0 Å². The van der Waals surface area contributed by atoms with Gasteiger partial charge in [-0.15, -0.1) is 0 Å². The number of rotatable bonds is 19. The number of carboxylic acid groups (broad SMARTS) is 1. The monoisotopic (exact) mass is 533 g/mol. The predicted octanol–water partition coefficient (Wildman–Crippen LogP) is -3.77. The van der Waals surface area contributed by atoms with Gasteiger partial charge in [-0.3, -0.25) is 24.2 Å². The lowest BCUT2D eigenvalue weighted by Gasteiger charge is -2.25. The number of amides is 4. The molecule has 0 aromatic heterocycles. The third-order valence-corrected chi connectivity index (χ3v) is 5.38. The number of carbonyl (C=O) groups excluding carboxylic acids is 4. The molecule has 0 saturated carbocycles. The molecule has 0 heterocycles. The van der Waals surface area contributed by atoms with Crippen molar-refractivity contribution in [3.05, 3.63) is 0 Å². The largest absolute Gasteiger partial charge is 0.480 e. The van der Waals surface area contributed by atoms with Gasteiger partial charge in [0.2, 0.25) is 23.6 Å². The van der Waals surface area contributed by atoms with E-state index in [1.807, 2.05) is 0 Å². The zero-order chi connectivity index (χ0) is 27.7. The molecule has 16 heteroatoms. The minimum absolute atomic E-state index is 0.00767. The lowest BCUT2D eigenvalue weighted by molar-refractivity contribution is -0.142. The molecule has 0 aliphatic carbocycles. The van der Waals surface area contributed by atoms with E-state index >= 15 is 0 Å². The SMILES string of the molecule is NCCCCC(NC(=O)C(N)CS)C(=O)NC(CCC(N)=O)C(=O)NC(CCCN=C(N)N)C(=O)O. The van der Waals surface area contributed by atoms with Crippen molar-refractivity contribution < 1.29 is 29.1 Å². The fourth-order valence-corrected chi connectivity index (χ4v) is 3.15. The lowest BCUT2D eigenvalue weighted by atomic mass is 10.0. The molecule has 4 amide bonds. The van der Waals surface area contributed by atoms with Gasteiger partial charge in [0.25, 0.3) is 0 Å². The maximum absolute atomic E-state index is 13.0. The van der Waals surface area contributed by atoms with Crippen LogP contribution in [0.1, 0.15) is 44.9 Å². The molecule has 0 aliphatic heterocycles. The Morgan fingerprint density at radius 2 is 1.33 bits per heavy atom. The van der Waals surface area contributed by atoms with Gasteiger partial charge in [0.1, 0.15) is 18.1 Å². The highest BCUT2D eigenvalue weighted by Crippen LogP contribution is 2.06. The van der Waals surface area contributed by atoms with Gasteiger partial charge in [0.05, 0.1) is 6.04 Å². The van der Waals surface area contributed by atoms with Crippen LogP contribution in [0.4, 0.5) is 0 Å². The molecule has 0 rings (SSSR count). The molecule has 0 radical (unpaired) electrons. The van der Waals surface area contributed by atoms with Crippen molar-refractivity contribution in [1.82, 2.24) is 16.0 Å². The number of aliphatic imine (C=N–C) groups is 1. The summed E-state index contributed by atoms with van der Waals surface area (Å²) in [6.07, 6.45) is 1.12. The number of primary amides is 1. The number of thiol groups is 1. The molecule has 15 nitrogen and oxygen atoms in total. The van der Waals surface area contributed by atoms with Crippen molar-refractivity contribution in [3.63, 3.8) is 0 Å². The first-order valence-corrected chi connectivity index (χ1v) is 12.1. The van der Waals surface area contributed by atoms with E-state index in [0.29, 0.717) is 19.4 Å². The van der Waals surface area contributed by atoms with Gasteiger partial charge in [-0.05, 0) is 45.1 Å². The van der Waals surface area contributed by atoms with Crippen LogP contribution in [0.5, 0.6) is 0 Å².